The van der Waals surface area contributed by atoms with Crippen LogP contribution in [0.4, 0.5) is 0 Å². The van der Waals surface area contributed by atoms with Crippen molar-refractivity contribution in [3.63, 3.8) is 0 Å². The van der Waals surface area contributed by atoms with E-state index in [0.29, 0.717) is 5.91 Å². The Hall–Kier alpha value is -0.790. The van der Waals surface area contributed by atoms with E-state index in [9.17, 15) is 4.79 Å². The van der Waals surface area contributed by atoms with Crippen molar-refractivity contribution in [2.24, 2.45) is 0 Å². The van der Waals surface area contributed by atoms with Gasteiger partial charge in [0.15, 0.2) is 0 Å². The first-order chi connectivity index (χ1) is 9.84. The smallest absolute Gasteiger partial charge is 0.222 e. The number of allylic oxidation sites excluding steroid dienone is 2. The van der Waals surface area contributed by atoms with Crippen molar-refractivity contribution < 1.29 is 4.79 Å². The van der Waals surface area contributed by atoms with E-state index >= 15 is 0 Å². The van der Waals surface area contributed by atoms with Crippen LogP contribution in [0.5, 0.6) is 0 Å². The van der Waals surface area contributed by atoms with Gasteiger partial charge in [-0.15, -0.1) is 0 Å². The Bertz CT molecular complexity index is 273. The fourth-order valence-electron chi connectivity index (χ4n) is 2.77. The van der Waals surface area contributed by atoms with Crippen LogP contribution in [0.3, 0.4) is 0 Å². The quantitative estimate of drug-likeness (QED) is 0.360. The Morgan fingerprint density at radius 1 is 0.950 bits per heavy atom. The van der Waals surface area contributed by atoms with E-state index in [1.54, 1.807) is 0 Å². The van der Waals surface area contributed by atoms with Gasteiger partial charge in [0.2, 0.25) is 5.91 Å². The standard InChI is InChI=1S/C18H33NO/c1-2-3-4-5-6-7-8-9-10-11-12-13-16-19-17-14-15-18(19)20/h5-6H,2-4,7-17H2,1H3. The van der Waals surface area contributed by atoms with Gasteiger partial charge >= 0.3 is 0 Å². The summed E-state index contributed by atoms with van der Waals surface area (Å²) in [5.41, 5.74) is 0. The molecule has 1 rings (SSSR count). The average molecular weight is 279 g/mol. The number of nitrogens with zero attached hydrogens (tertiary/aromatic N) is 1. The minimum Gasteiger partial charge on any atom is -0.343 e. The van der Waals surface area contributed by atoms with Gasteiger partial charge < -0.3 is 4.90 Å². The van der Waals surface area contributed by atoms with Crippen molar-refractivity contribution in [1.82, 2.24) is 4.90 Å². The van der Waals surface area contributed by atoms with Crippen molar-refractivity contribution in [2.45, 2.75) is 84.0 Å². The third-order valence-electron chi connectivity index (χ3n) is 4.11. The van der Waals surface area contributed by atoms with E-state index in [4.69, 9.17) is 0 Å². The Labute approximate surface area is 125 Å². The molecule has 0 saturated carbocycles. The molecule has 0 spiro atoms. The molecule has 2 nitrogen and oxygen atoms in total. The molecule has 0 aromatic heterocycles. The number of rotatable bonds is 12. The highest BCUT2D eigenvalue weighted by molar-refractivity contribution is 5.77. The predicted octanol–water partition coefficient (Wildman–Crippen LogP) is 5.09. The maximum absolute atomic E-state index is 11.4. The molecule has 0 aromatic rings. The lowest BCUT2D eigenvalue weighted by Gasteiger charge is -2.14. The zero-order chi connectivity index (χ0) is 14.5. The molecule has 1 fully saturated rings. The molecule has 2 heteroatoms. The molecule has 1 heterocycles. The molecule has 20 heavy (non-hydrogen) atoms. The fraction of sp³-hybridized carbons (Fsp3) is 0.833. The zero-order valence-corrected chi connectivity index (χ0v) is 13.4. The largest absolute Gasteiger partial charge is 0.343 e. The Morgan fingerprint density at radius 2 is 1.60 bits per heavy atom. The first-order valence-electron chi connectivity index (χ1n) is 8.77. The summed E-state index contributed by atoms with van der Waals surface area (Å²) in [6.45, 7) is 4.25. The SMILES string of the molecule is CCCCC=CCCCCCCCCN1CCCC1=O. The van der Waals surface area contributed by atoms with Gasteiger partial charge in [-0.2, -0.15) is 0 Å². The lowest BCUT2D eigenvalue weighted by Crippen LogP contribution is -2.25. The molecule has 0 aliphatic carbocycles. The molecule has 0 N–H and O–H groups in total. The summed E-state index contributed by atoms with van der Waals surface area (Å²) in [5.74, 6) is 0.375. The summed E-state index contributed by atoms with van der Waals surface area (Å²) >= 11 is 0. The highest BCUT2D eigenvalue weighted by Crippen LogP contribution is 2.12. The summed E-state index contributed by atoms with van der Waals surface area (Å²) in [4.78, 5) is 13.5. The highest BCUT2D eigenvalue weighted by atomic mass is 16.2. The van der Waals surface area contributed by atoms with Gasteiger partial charge in [-0.1, -0.05) is 57.6 Å². The van der Waals surface area contributed by atoms with Crippen molar-refractivity contribution in [1.29, 1.82) is 0 Å². The fourth-order valence-corrected chi connectivity index (χ4v) is 2.77. The molecular weight excluding hydrogens is 246 g/mol. The zero-order valence-electron chi connectivity index (χ0n) is 13.4. The third-order valence-corrected chi connectivity index (χ3v) is 4.11. The number of unbranched alkanes of at least 4 members (excludes halogenated alkanes) is 8. The third kappa shape index (κ3) is 8.39. The summed E-state index contributed by atoms with van der Waals surface area (Å²) < 4.78 is 0. The summed E-state index contributed by atoms with van der Waals surface area (Å²) in [6.07, 6.45) is 19.6. The molecule has 0 bridgehead atoms. The molecule has 0 atom stereocenters. The van der Waals surface area contributed by atoms with E-state index in [-0.39, 0.29) is 0 Å². The van der Waals surface area contributed by atoms with Crippen LogP contribution in [-0.4, -0.2) is 23.9 Å². The Balaban J connectivity index is 1.78. The van der Waals surface area contributed by atoms with Crippen LogP contribution in [0.25, 0.3) is 0 Å². The Morgan fingerprint density at radius 3 is 2.25 bits per heavy atom. The van der Waals surface area contributed by atoms with E-state index in [1.807, 2.05) is 4.90 Å². The maximum Gasteiger partial charge on any atom is 0.222 e. The average Bonchev–Trinajstić information content (AvgIpc) is 2.85. The van der Waals surface area contributed by atoms with Gasteiger partial charge in [-0.05, 0) is 32.1 Å². The molecule has 1 amide bonds. The minimum atomic E-state index is 0.375. The summed E-state index contributed by atoms with van der Waals surface area (Å²) in [6, 6.07) is 0. The van der Waals surface area contributed by atoms with Gasteiger partial charge in [-0.3, -0.25) is 4.79 Å². The van der Waals surface area contributed by atoms with Gasteiger partial charge in [0, 0.05) is 19.5 Å². The monoisotopic (exact) mass is 279 g/mol. The molecule has 1 aliphatic heterocycles. The second kappa shape index (κ2) is 12.0. The van der Waals surface area contributed by atoms with Crippen LogP contribution >= 0.6 is 0 Å². The van der Waals surface area contributed by atoms with E-state index in [2.05, 4.69) is 19.1 Å². The number of hydrogen-bond donors (Lipinski definition) is 0. The number of carbonyl (C=O) groups is 1. The van der Waals surface area contributed by atoms with Crippen LogP contribution < -0.4 is 0 Å². The molecule has 0 unspecified atom stereocenters. The normalized spacial score (nSPS) is 15.7. The summed E-state index contributed by atoms with van der Waals surface area (Å²) in [5, 5.41) is 0. The van der Waals surface area contributed by atoms with Crippen LogP contribution in [0.1, 0.15) is 84.0 Å². The maximum atomic E-state index is 11.4. The summed E-state index contributed by atoms with van der Waals surface area (Å²) in [7, 11) is 0. The van der Waals surface area contributed by atoms with Crippen molar-refractivity contribution in [2.75, 3.05) is 13.1 Å². The van der Waals surface area contributed by atoms with Gasteiger partial charge in [0.05, 0.1) is 0 Å². The van der Waals surface area contributed by atoms with Crippen LogP contribution in [0.2, 0.25) is 0 Å². The minimum absolute atomic E-state index is 0.375. The highest BCUT2D eigenvalue weighted by Gasteiger charge is 2.18. The second-order valence-electron chi connectivity index (χ2n) is 6.01. The van der Waals surface area contributed by atoms with E-state index < -0.39 is 0 Å². The van der Waals surface area contributed by atoms with Crippen LogP contribution in [-0.2, 0) is 4.79 Å². The second-order valence-corrected chi connectivity index (χ2v) is 6.01. The first kappa shape index (κ1) is 17.3. The van der Waals surface area contributed by atoms with Crippen molar-refractivity contribution in [3.8, 4) is 0 Å². The molecular formula is C18H33NO. The molecule has 1 aliphatic rings. The van der Waals surface area contributed by atoms with Gasteiger partial charge in [-0.25, -0.2) is 0 Å². The number of hydrogen-bond acceptors (Lipinski definition) is 1. The molecule has 1 saturated heterocycles. The van der Waals surface area contributed by atoms with Crippen molar-refractivity contribution in [3.05, 3.63) is 12.2 Å². The number of likely N-dealkylation sites (tertiary alicyclic amines) is 1. The molecule has 0 radical (unpaired) electrons. The number of amides is 1. The topological polar surface area (TPSA) is 20.3 Å². The number of carbonyl (C=O) groups excluding carboxylic acids is 1. The lowest BCUT2D eigenvalue weighted by atomic mass is 10.1. The molecule has 0 aromatic carbocycles. The van der Waals surface area contributed by atoms with Gasteiger partial charge in [0.1, 0.15) is 0 Å². The van der Waals surface area contributed by atoms with Crippen molar-refractivity contribution >= 4 is 5.91 Å². The molecule has 116 valence electrons. The van der Waals surface area contributed by atoms with Crippen LogP contribution in [0, 0.1) is 0 Å². The predicted molar refractivity (Wildman–Crippen MR) is 86.8 cm³/mol. The van der Waals surface area contributed by atoms with Crippen LogP contribution in [0.15, 0.2) is 12.2 Å². The Kier molecular flexibility index (Phi) is 10.3. The van der Waals surface area contributed by atoms with E-state index in [0.717, 1.165) is 25.9 Å². The van der Waals surface area contributed by atoms with Gasteiger partial charge in [0.25, 0.3) is 0 Å². The van der Waals surface area contributed by atoms with E-state index in [1.165, 1.54) is 64.2 Å². The first-order valence-corrected chi connectivity index (χ1v) is 8.77. The lowest BCUT2D eigenvalue weighted by molar-refractivity contribution is -0.127.